The van der Waals surface area contributed by atoms with Gasteiger partial charge in [0.25, 0.3) is 0 Å². The van der Waals surface area contributed by atoms with Crippen molar-refractivity contribution in [1.29, 1.82) is 0 Å². The molecular weight excluding hydrogens is 907 g/mol. The average Bonchev–Trinajstić information content (AvgIpc) is 3.77. The second kappa shape index (κ2) is 15.9. The van der Waals surface area contributed by atoms with E-state index < -0.39 is 16.1 Å². The van der Waals surface area contributed by atoms with Gasteiger partial charge in [-0.05, 0) is 0 Å². The number of aryl methyl sites for hydroxylation is 2. The van der Waals surface area contributed by atoms with Crippen molar-refractivity contribution in [3.8, 4) is 54.0 Å². The van der Waals surface area contributed by atoms with E-state index in [9.17, 15) is 0 Å². The summed E-state index contributed by atoms with van der Waals surface area (Å²) in [6, 6.07) is 36.9. The van der Waals surface area contributed by atoms with Crippen LogP contribution in [0.3, 0.4) is 0 Å². The summed E-state index contributed by atoms with van der Waals surface area (Å²) < 4.78 is 12.6. The summed E-state index contributed by atoms with van der Waals surface area (Å²) in [5, 5.41) is 5.63. The maximum absolute atomic E-state index is 7.04. The van der Waals surface area contributed by atoms with E-state index in [-0.39, 0.29) is 39.8 Å². The van der Waals surface area contributed by atoms with E-state index in [1.54, 1.807) is 5.19 Å². The molecule has 8 rings (SSSR count). The molecule has 7 heteroatoms. The van der Waals surface area contributed by atoms with Crippen LogP contribution in [0.4, 0.5) is 0 Å². The topological polar surface area (TPSA) is 35.0 Å². The fraction of sp³-hybridized carbons (Fsp3) is 0.296. The van der Waals surface area contributed by atoms with Crippen LogP contribution in [0, 0.1) is 13.8 Å². The Balaban J connectivity index is 1.21. The molecule has 0 bridgehead atoms. The van der Waals surface area contributed by atoms with Crippen LogP contribution in [0.25, 0.3) is 61.8 Å². The van der Waals surface area contributed by atoms with Crippen molar-refractivity contribution in [3.05, 3.63) is 132 Å². The van der Waals surface area contributed by atoms with E-state index in [0.717, 1.165) is 34.0 Å². The molecule has 0 aliphatic rings. The van der Waals surface area contributed by atoms with Gasteiger partial charge in [0.2, 0.25) is 0 Å². The summed E-state index contributed by atoms with van der Waals surface area (Å²) in [6.07, 6.45) is 3.97. The third kappa shape index (κ3) is 8.94. The summed E-state index contributed by atoms with van der Waals surface area (Å²) in [7, 11) is -2.79. The molecule has 0 saturated heterocycles. The van der Waals surface area contributed by atoms with Crippen LogP contribution in [0.5, 0.6) is 11.5 Å². The minimum atomic E-state index is -1.41. The molecule has 0 spiro atoms. The van der Waals surface area contributed by atoms with Gasteiger partial charge in [0.1, 0.15) is 0 Å². The van der Waals surface area contributed by atoms with Gasteiger partial charge in [-0.3, -0.25) is 0 Å². The molecule has 4 aromatic carbocycles. The van der Waals surface area contributed by atoms with E-state index in [4.69, 9.17) is 14.7 Å². The predicted molar refractivity (Wildman–Crippen MR) is 272 cm³/mol. The predicted octanol–water partition coefficient (Wildman–Crippen LogP) is 13.7. The second-order valence-electron chi connectivity index (χ2n) is 21.0. The van der Waals surface area contributed by atoms with Gasteiger partial charge in [-0.15, -0.1) is 0 Å². The number of nitrogens with zero attached hydrogens (tertiary/aromatic N) is 2. The SMILES string of the molecule is Cc1cc(-c2cc3ccnc(-c4cc(Oc5cc(-c6nccc7c(C)c(-c8ccc([Si](C)(C)C)cc8)[se]c67)cc(C(C)(C)C)c5)cc(C(C)(C)C)c4)c3[se]2)ccc1[Si](C)(C)C. The van der Waals surface area contributed by atoms with Gasteiger partial charge >= 0.3 is 381 Å². The normalized spacial score (nSPS) is 12.8. The van der Waals surface area contributed by atoms with Crippen molar-refractivity contribution in [1.82, 2.24) is 9.97 Å². The zero-order valence-corrected chi connectivity index (χ0v) is 43.9. The number of hydrogen-bond donors (Lipinski definition) is 0. The van der Waals surface area contributed by atoms with Crippen molar-refractivity contribution in [2.45, 2.75) is 106 Å². The summed E-state index contributed by atoms with van der Waals surface area (Å²) in [4.78, 5) is 10.2. The molecular formula is C54H60N2OSe2Si2. The number of aromatic nitrogens is 2. The standard InChI is InChI=1S/C54H60N2OSe2Si2/c1-33-25-36(17-20-47(33)61(12,13)14)46-30-37-21-23-55-48(51(37)58-46)38-26-40(53(3,4)5)31-42(28-38)57-43-29-39(27-41(32-43)54(6,7)8)49-52-45(22-24-56-49)34(2)50(59-52)35-15-18-44(19-16-35)60(9,10)11/h15-32H,1-14H3. The van der Waals surface area contributed by atoms with Gasteiger partial charge in [0.05, 0.1) is 0 Å². The Hall–Kier alpha value is -4.07. The molecule has 3 nitrogen and oxygen atoms in total. The first kappa shape index (κ1) is 43.6. The molecule has 0 atom stereocenters. The Morgan fingerprint density at radius 1 is 0.525 bits per heavy atom. The number of ether oxygens (including phenoxy) is 1. The van der Waals surface area contributed by atoms with Crippen molar-refractivity contribution in [2.24, 2.45) is 0 Å². The zero-order chi connectivity index (χ0) is 43.8. The average molecular weight is 967 g/mol. The molecule has 61 heavy (non-hydrogen) atoms. The van der Waals surface area contributed by atoms with Crippen molar-refractivity contribution in [3.63, 3.8) is 0 Å². The molecule has 0 radical (unpaired) electrons. The Labute approximate surface area is 378 Å². The molecule has 0 aliphatic heterocycles. The summed E-state index contributed by atoms with van der Waals surface area (Å²) in [5.41, 5.74) is 12.0. The first-order valence-electron chi connectivity index (χ1n) is 21.5. The molecule has 4 heterocycles. The van der Waals surface area contributed by atoms with E-state index in [0.29, 0.717) is 0 Å². The molecule has 8 aromatic rings. The molecule has 0 unspecified atom stereocenters. The Bertz CT molecular complexity index is 2950. The fourth-order valence-corrected chi connectivity index (χ4v) is 16.5. The van der Waals surface area contributed by atoms with Crippen LogP contribution in [-0.4, -0.2) is 55.1 Å². The Morgan fingerprint density at radius 2 is 1.08 bits per heavy atom. The molecule has 4 aromatic heterocycles. The number of pyridine rings is 2. The van der Waals surface area contributed by atoms with Gasteiger partial charge in [0.15, 0.2) is 0 Å². The molecule has 0 amide bonds. The third-order valence-electron chi connectivity index (χ3n) is 11.9. The van der Waals surface area contributed by atoms with Gasteiger partial charge < -0.3 is 0 Å². The second-order valence-corrected chi connectivity index (χ2v) is 35.4. The van der Waals surface area contributed by atoms with Gasteiger partial charge in [-0.25, -0.2) is 0 Å². The molecule has 0 aliphatic carbocycles. The number of rotatable bonds is 8. The van der Waals surface area contributed by atoms with E-state index >= 15 is 0 Å². The van der Waals surface area contributed by atoms with Crippen LogP contribution in [-0.2, 0) is 10.8 Å². The first-order chi connectivity index (χ1) is 28.5. The van der Waals surface area contributed by atoms with E-state index in [1.165, 1.54) is 66.7 Å². The van der Waals surface area contributed by atoms with Crippen molar-refractivity contribution in [2.75, 3.05) is 0 Å². The zero-order valence-electron chi connectivity index (χ0n) is 38.5. The van der Waals surface area contributed by atoms with Crippen LogP contribution >= 0.6 is 0 Å². The van der Waals surface area contributed by atoms with Crippen molar-refractivity contribution >= 4 is 74.8 Å². The molecule has 312 valence electrons. The number of hydrogen-bond acceptors (Lipinski definition) is 3. The summed E-state index contributed by atoms with van der Waals surface area (Å²) in [6.45, 7) is 32.8. The summed E-state index contributed by atoms with van der Waals surface area (Å²) >= 11 is 0.240. The van der Waals surface area contributed by atoms with Crippen LogP contribution in [0.15, 0.2) is 109 Å². The van der Waals surface area contributed by atoms with Gasteiger partial charge in [0, 0.05) is 0 Å². The van der Waals surface area contributed by atoms with E-state index in [1.807, 2.05) is 12.4 Å². The molecule has 0 saturated carbocycles. The van der Waals surface area contributed by atoms with E-state index in [2.05, 4.69) is 192 Å². The van der Waals surface area contributed by atoms with Gasteiger partial charge in [-0.1, -0.05) is 0 Å². The minimum absolute atomic E-state index is 0.0944. The Morgan fingerprint density at radius 3 is 1.62 bits per heavy atom. The quantitative estimate of drug-likeness (QED) is 0.142. The van der Waals surface area contributed by atoms with Crippen LogP contribution < -0.4 is 15.1 Å². The monoisotopic (exact) mass is 968 g/mol. The van der Waals surface area contributed by atoms with Gasteiger partial charge in [-0.2, -0.15) is 0 Å². The van der Waals surface area contributed by atoms with Crippen LogP contribution in [0.1, 0.15) is 63.8 Å². The molecule has 0 N–H and O–H groups in total. The Kier molecular flexibility index (Phi) is 11.4. The van der Waals surface area contributed by atoms with Crippen molar-refractivity contribution < 1.29 is 4.74 Å². The maximum atomic E-state index is 7.04. The number of benzene rings is 4. The fourth-order valence-electron chi connectivity index (χ4n) is 8.31. The number of fused-ring (bicyclic) bond motifs is 2. The first-order valence-corrected chi connectivity index (χ1v) is 32.0. The van der Waals surface area contributed by atoms with Crippen LogP contribution in [0.2, 0.25) is 39.3 Å². The summed E-state index contributed by atoms with van der Waals surface area (Å²) in [5.74, 6) is 1.65. The molecule has 0 fully saturated rings. The third-order valence-corrected chi connectivity index (χ3v) is 21.6.